The first-order valence-corrected chi connectivity index (χ1v) is 10.8. The summed E-state index contributed by atoms with van der Waals surface area (Å²) in [6.07, 6.45) is 7.63. The molecule has 2 aliphatic rings. The van der Waals surface area contributed by atoms with Crippen molar-refractivity contribution in [2.24, 2.45) is 10.9 Å². The van der Waals surface area contributed by atoms with Gasteiger partial charge in [0.15, 0.2) is 5.96 Å². The summed E-state index contributed by atoms with van der Waals surface area (Å²) in [7, 11) is 6.21. The van der Waals surface area contributed by atoms with Gasteiger partial charge in [0.25, 0.3) is 0 Å². The standard InChI is InChI=1S/C21H42N4O2.HI/c1-17(2)14-18(24(4)5)15-23-21(22-3)25-11-9-19(10-12-25)27-16-20-8-6-7-13-26-20;/h17-20H,6-16H2,1-5H3,(H,22,23);1H. The van der Waals surface area contributed by atoms with Gasteiger partial charge in [-0.15, -0.1) is 24.0 Å². The van der Waals surface area contributed by atoms with Crippen molar-refractivity contribution in [3.8, 4) is 0 Å². The van der Waals surface area contributed by atoms with Gasteiger partial charge >= 0.3 is 0 Å². The Hall–Kier alpha value is -0.120. The molecule has 166 valence electrons. The number of ether oxygens (including phenoxy) is 2. The minimum atomic E-state index is 0. The molecule has 7 heteroatoms. The molecule has 2 fully saturated rings. The fourth-order valence-electron chi connectivity index (χ4n) is 3.98. The minimum absolute atomic E-state index is 0. The van der Waals surface area contributed by atoms with E-state index in [9.17, 15) is 0 Å². The van der Waals surface area contributed by atoms with Crippen LogP contribution in [0, 0.1) is 5.92 Å². The molecule has 0 amide bonds. The molecule has 0 aromatic heterocycles. The molecule has 1 N–H and O–H groups in total. The number of likely N-dealkylation sites (tertiary alicyclic amines) is 1. The average Bonchev–Trinajstić information content (AvgIpc) is 2.67. The minimum Gasteiger partial charge on any atom is -0.376 e. The smallest absolute Gasteiger partial charge is 0.193 e. The van der Waals surface area contributed by atoms with Crippen LogP contribution in [0.5, 0.6) is 0 Å². The summed E-state index contributed by atoms with van der Waals surface area (Å²) in [6, 6.07) is 0.526. The lowest BCUT2D eigenvalue weighted by molar-refractivity contribution is -0.0721. The number of piperidine rings is 1. The molecule has 2 saturated heterocycles. The third kappa shape index (κ3) is 9.13. The molecule has 0 saturated carbocycles. The first-order valence-electron chi connectivity index (χ1n) is 10.8. The van der Waals surface area contributed by atoms with Gasteiger partial charge in [0.05, 0.1) is 18.8 Å². The summed E-state index contributed by atoms with van der Waals surface area (Å²) >= 11 is 0. The fraction of sp³-hybridized carbons (Fsp3) is 0.952. The van der Waals surface area contributed by atoms with E-state index < -0.39 is 0 Å². The Kier molecular flexibility index (Phi) is 12.9. The van der Waals surface area contributed by atoms with Crippen LogP contribution in [0.15, 0.2) is 4.99 Å². The molecule has 2 heterocycles. The third-order valence-corrected chi connectivity index (χ3v) is 5.71. The van der Waals surface area contributed by atoms with E-state index in [-0.39, 0.29) is 24.0 Å². The van der Waals surface area contributed by atoms with Gasteiger partial charge in [-0.2, -0.15) is 0 Å². The number of aliphatic imine (C=N–C) groups is 1. The highest BCUT2D eigenvalue weighted by Crippen LogP contribution is 2.18. The van der Waals surface area contributed by atoms with Crippen molar-refractivity contribution in [1.82, 2.24) is 15.1 Å². The number of guanidine groups is 1. The molecule has 0 aromatic rings. The molecule has 28 heavy (non-hydrogen) atoms. The van der Waals surface area contributed by atoms with E-state index in [2.05, 4.69) is 48.1 Å². The van der Waals surface area contributed by atoms with Crippen LogP contribution >= 0.6 is 24.0 Å². The number of halogens is 1. The Morgan fingerprint density at radius 2 is 1.93 bits per heavy atom. The zero-order valence-corrected chi connectivity index (χ0v) is 21.0. The Labute approximate surface area is 189 Å². The van der Waals surface area contributed by atoms with Crippen LogP contribution in [0.2, 0.25) is 0 Å². The van der Waals surface area contributed by atoms with E-state index in [4.69, 9.17) is 9.47 Å². The summed E-state index contributed by atoms with van der Waals surface area (Å²) in [5, 5.41) is 3.60. The van der Waals surface area contributed by atoms with Crippen LogP contribution in [0.1, 0.15) is 52.4 Å². The van der Waals surface area contributed by atoms with Crippen molar-refractivity contribution >= 4 is 29.9 Å². The van der Waals surface area contributed by atoms with Crippen molar-refractivity contribution in [2.75, 3.05) is 54.0 Å². The zero-order valence-electron chi connectivity index (χ0n) is 18.7. The summed E-state index contributed by atoms with van der Waals surface area (Å²) in [4.78, 5) is 9.21. The second kappa shape index (κ2) is 14.0. The molecule has 0 bridgehead atoms. The SMILES string of the molecule is CN=C(NCC(CC(C)C)N(C)C)N1CCC(OCC2CCCCO2)CC1.I. The highest BCUT2D eigenvalue weighted by Gasteiger charge is 2.24. The van der Waals surface area contributed by atoms with E-state index in [1.807, 2.05) is 7.05 Å². The van der Waals surface area contributed by atoms with Gasteiger partial charge in [-0.05, 0) is 58.5 Å². The summed E-state index contributed by atoms with van der Waals surface area (Å²) in [6.45, 7) is 9.19. The molecular weight excluding hydrogens is 467 g/mol. The Balaban J connectivity index is 0.00000392. The second-order valence-electron chi connectivity index (χ2n) is 8.68. The maximum Gasteiger partial charge on any atom is 0.193 e. The number of rotatable bonds is 8. The molecule has 0 aromatic carbocycles. The van der Waals surface area contributed by atoms with Gasteiger partial charge in [-0.3, -0.25) is 4.99 Å². The van der Waals surface area contributed by atoms with Gasteiger partial charge in [-0.1, -0.05) is 13.8 Å². The average molecular weight is 511 g/mol. The van der Waals surface area contributed by atoms with Crippen LogP contribution in [0.4, 0.5) is 0 Å². The molecule has 6 nitrogen and oxygen atoms in total. The zero-order chi connectivity index (χ0) is 19.6. The largest absolute Gasteiger partial charge is 0.376 e. The highest BCUT2D eigenvalue weighted by molar-refractivity contribution is 14.0. The lowest BCUT2D eigenvalue weighted by Crippen LogP contribution is -2.50. The molecule has 0 aliphatic carbocycles. The van der Waals surface area contributed by atoms with Crippen LogP contribution in [-0.2, 0) is 9.47 Å². The monoisotopic (exact) mass is 510 g/mol. The maximum absolute atomic E-state index is 6.14. The molecular formula is C21H43IN4O2. The first kappa shape index (κ1) is 25.9. The summed E-state index contributed by atoms with van der Waals surface area (Å²) < 4.78 is 11.9. The topological polar surface area (TPSA) is 49.3 Å². The van der Waals surface area contributed by atoms with Crippen LogP contribution < -0.4 is 5.32 Å². The van der Waals surface area contributed by atoms with Crippen molar-refractivity contribution in [2.45, 2.75) is 70.6 Å². The van der Waals surface area contributed by atoms with Gasteiger partial charge in [-0.25, -0.2) is 0 Å². The van der Waals surface area contributed by atoms with E-state index in [1.54, 1.807) is 0 Å². The summed E-state index contributed by atoms with van der Waals surface area (Å²) in [5.74, 6) is 1.72. The van der Waals surface area contributed by atoms with E-state index in [0.717, 1.165) is 58.1 Å². The van der Waals surface area contributed by atoms with Gasteiger partial charge in [0.2, 0.25) is 0 Å². The normalized spacial score (nSPS) is 23.0. The fourth-order valence-corrected chi connectivity index (χ4v) is 3.98. The van der Waals surface area contributed by atoms with Gasteiger partial charge in [0.1, 0.15) is 0 Å². The number of nitrogens with zero attached hydrogens (tertiary/aromatic N) is 3. The lowest BCUT2D eigenvalue weighted by atomic mass is 10.0. The predicted octanol–water partition coefficient (Wildman–Crippen LogP) is 3.21. The van der Waals surface area contributed by atoms with Crippen molar-refractivity contribution in [3.05, 3.63) is 0 Å². The van der Waals surface area contributed by atoms with E-state index in [1.165, 1.54) is 19.3 Å². The molecule has 2 atom stereocenters. The Bertz CT molecular complexity index is 434. The predicted molar refractivity (Wildman–Crippen MR) is 128 cm³/mol. The molecule has 2 aliphatic heterocycles. The van der Waals surface area contributed by atoms with Crippen LogP contribution in [0.3, 0.4) is 0 Å². The van der Waals surface area contributed by atoms with Crippen molar-refractivity contribution < 1.29 is 9.47 Å². The maximum atomic E-state index is 6.14. The molecule has 2 unspecified atom stereocenters. The number of hydrogen-bond donors (Lipinski definition) is 1. The lowest BCUT2D eigenvalue weighted by Gasteiger charge is -2.36. The molecule has 0 spiro atoms. The number of nitrogens with one attached hydrogen (secondary N) is 1. The molecule has 2 rings (SSSR count). The summed E-state index contributed by atoms with van der Waals surface area (Å²) in [5.41, 5.74) is 0. The van der Waals surface area contributed by atoms with Gasteiger partial charge in [0, 0.05) is 39.3 Å². The van der Waals surface area contributed by atoms with Gasteiger partial charge < -0.3 is 24.6 Å². The van der Waals surface area contributed by atoms with E-state index >= 15 is 0 Å². The second-order valence-corrected chi connectivity index (χ2v) is 8.68. The van der Waals surface area contributed by atoms with Crippen LogP contribution in [0.25, 0.3) is 0 Å². The number of hydrogen-bond acceptors (Lipinski definition) is 4. The highest BCUT2D eigenvalue weighted by atomic mass is 127. The Morgan fingerprint density at radius 1 is 1.21 bits per heavy atom. The van der Waals surface area contributed by atoms with E-state index in [0.29, 0.717) is 24.2 Å². The number of likely N-dealkylation sites (N-methyl/N-ethyl adjacent to an activating group) is 1. The third-order valence-electron chi connectivity index (χ3n) is 5.71. The first-order chi connectivity index (χ1) is 13.0. The quantitative estimate of drug-likeness (QED) is 0.309. The van der Waals surface area contributed by atoms with Crippen molar-refractivity contribution in [1.29, 1.82) is 0 Å². The molecule has 0 radical (unpaired) electrons. The van der Waals surface area contributed by atoms with Crippen molar-refractivity contribution in [3.63, 3.8) is 0 Å². The van der Waals surface area contributed by atoms with Crippen LogP contribution in [-0.4, -0.2) is 88.0 Å². The Morgan fingerprint density at radius 3 is 2.46 bits per heavy atom.